The van der Waals surface area contributed by atoms with Crippen molar-refractivity contribution >= 4 is 11.9 Å². The topological polar surface area (TPSA) is 103 Å². The first-order valence-corrected chi connectivity index (χ1v) is 9.40. The molecule has 2 aromatic carbocycles. The molecule has 8 nitrogen and oxygen atoms in total. The van der Waals surface area contributed by atoms with Crippen molar-refractivity contribution in [3.8, 4) is 5.75 Å². The molecule has 0 unspecified atom stereocenters. The molecule has 1 heterocycles. The summed E-state index contributed by atoms with van der Waals surface area (Å²) in [7, 11) is 1.22. The molecule has 3 rings (SSSR count). The molecule has 156 valence electrons. The minimum atomic E-state index is -0.928. The van der Waals surface area contributed by atoms with E-state index in [4.69, 9.17) is 9.47 Å². The van der Waals surface area contributed by atoms with Gasteiger partial charge < -0.3 is 24.5 Å². The van der Waals surface area contributed by atoms with Crippen molar-refractivity contribution in [2.24, 2.45) is 0 Å². The third-order valence-corrected chi connectivity index (χ3v) is 4.32. The Balaban J connectivity index is 1.68. The third-order valence-electron chi connectivity index (χ3n) is 4.32. The van der Waals surface area contributed by atoms with Crippen LogP contribution < -0.4 is 10.1 Å². The number of imidazole rings is 1. The molecule has 0 saturated heterocycles. The van der Waals surface area contributed by atoms with Crippen molar-refractivity contribution in [1.82, 2.24) is 14.9 Å². The maximum Gasteiger partial charge on any atom is 0.357 e. The summed E-state index contributed by atoms with van der Waals surface area (Å²) in [5.74, 6) is -0.599. The predicted molar refractivity (Wildman–Crippen MR) is 109 cm³/mol. The Morgan fingerprint density at radius 2 is 1.77 bits per heavy atom. The monoisotopic (exact) mass is 409 g/mol. The van der Waals surface area contributed by atoms with E-state index in [9.17, 15) is 14.7 Å². The number of para-hydroxylation sites is 1. The number of amides is 1. The average molecular weight is 409 g/mol. The van der Waals surface area contributed by atoms with Crippen molar-refractivity contribution in [1.29, 1.82) is 0 Å². The van der Waals surface area contributed by atoms with Crippen LogP contribution in [0, 0.1) is 0 Å². The SMILES string of the molecule is COC(=O)c1c(C(=O)NCc2ccccc2)ncn1C[C@H](O)COc1ccccc1. The molecule has 0 radical (unpaired) electrons. The fourth-order valence-corrected chi connectivity index (χ4v) is 2.85. The van der Waals surface area contributed by atoms with E-state index < -0.39 is 18.0 Å². The maximum absolute atomic E-state index is 12.6. The molecule has 30 heavy (non-hydrogen) atoms. The van der Waals surface area contributed by atoms with Gasteiger partial charge >= 0.3 is 5.97 Å². The minimum Gasteiger partial charge on any atom is -0.491 e. The summed E-state index contributed by atoms with van der Waals surface area (Å²) < 4.78 is 11.7. The highest BCUT2D eigenvalue weighted by Crippen LogP contribution is 2.13. The first-order valence-electron chi connectivity index (χ1n) is 9.40. The number of aliphatic hydroxyl groups excluding tert-OH is 1. The first-order chi connectivity index (χ1) is 14.6. The predicted octanol–water partition coefficient (Wildman–Crippen LogP) is 2.04. The van der Waals surface area contributed by atoms with Gasteiger partial charge in [-0.15, -0.1) is 0 Å². The Labute approximate surface area is 174 Å². The van der Waals surface area contributed by atoms with Gasteiger partial charge in [0.2, 0.25) is 0 Å². The van der Waals surface area contributed by atoms with Gasteiger partial charge in [-0.05, 0) is 17.7 Å². The summed E-state index contributed by atoms with van der Waals surface area (Å²) in [4.78, 5) is 28.9. The lowest BCUT2D eigenvalue weighted by atomic mass is 10.2. The van der Waals surface area contributed by atoms with E-state index in [1.165, 1.54) is 18.0 Å². The van der Waals surface area contributed by atoms with Crippen LogP contribution >= 0.6 is 0 Å². The largest absolute Gasteiger partial charge is 0.491 e. The number of nitrogens with one attached hydrogen (secondary N) is 1. The van der Waals surface area contributed by atoms with Gasteiger partial charge in [0.1, 0.15) is 18.5 Å². The Morgan fingerprint density at radius 1 is 1.10 bits per heavy atom. The van der Waals surface area contributed by atoms with E-state index in [2.05, 4.69) is 10.3 Å². The van der Waals surface area contributed by atoms with Gasteiger partial charge in [-0.1, -0.05) is 48.5 Å². The minimum absolute atomic E-state index is 0.0102. The van der Waals surface area contributed by atoms with Crippen LogP contribution in [-0.2, 0) is 17.8 Å². The molecular formula is C22H23N3O5. The van der Waals surface area contributed by atoms with Crippen LogP contribution in [0.25, 0.3) is 0 Å². The van der Waals surface area contributed by atoms with Crippen LogP contribution in [0.15, 0.2) is 67.0 Å². The Morgan fingerprint density at radius 3 is 2.43 bits per heavy atom. The molecule has 1 amide bonds. The van der Waals surface area contributed by atoms with E-state index in [-0.39, 0.29) is 24.5 Å². The summed E-state index contributed by atoms with van der Waals surface area (Å²) in [6.45, 7) is 0.315. The molecular weight excluding hydrogens is 386 g/mol. The average Bonchev–Trinajstić information content (AvgIpc) is 3.20. The molecule has 0 aliphatic rings. The maximum atomic E-state index is 12.6. The van der Waals surface area contributed by atoms with Gasteiger partial charge in [0, 0.05) is 6.54 Å². The molecule has 2 N–H and O–H groups in total. The third kappa shape index (κ3) is 5.45. The van der Waals surface area contributed by atoms with Gasteiger partial charge in [0.05, 0.1) is 20.0 Å². The quantitative estimate of drug-likeness (QED) is 0.525. The summed E-state index contributed by atoms with van der Waals surface area (Å²) in [6.07, 6.45) is 0.401. The van der Waals surface area contributed by atoms with E-state index in [1.54, 1.807) is 12.1 Å². The highest BCUT2D eigenvalue weighted by molar-refractivity contribution is 6.03. The van der Waals surface area contributed by atoms with Crippen LogP contribution in [-0.4, -0.2) is 46.4 Å². The second-order valence-electron chi connectivity index (χ2n) is 6.53. The normalized spacial score (nSPS) is 11.5. The molecule has 1 aromatic heterocycles. The molecule has 0 spiro atoms. The van der Waals surface area contributed by atoms with Crippen molar-refractivity contribution in [3.05, 3.63) is 83.9 Å². The van der Waals surface area contributed by atoms with Crippen molar-refractivity contribution in [2.75, 3.05) is 13.7 Å². The van der Waals surface area contributed by atoms with Gasteiger partial charge in [-0.3, -0.25) is 4.79 Å². The van der Waals surface area contributed by atoms with Crippen LogP contribution in [0.3, 0.4) is 0 Å². The van der Waals surface area contributed by atoms with Crippen LogP contribution in [0.1, 0.15) is 26.5 Å². The number of hydrogen-bond donors (Lipinski definition) is 2. The number of carbonyl (C=O) groups is 2. The zero-order valence-corrected chi connectivity index (χ0v) is 16.5. The number of benzene rings is 2. The number of esters is 1. The number of aromatic nitrogens is 2. The molecule has 1 atom stereocenters. The standard InChI is InChI=1S/C22H23N3O5/c1-29-22(28)20-19(21(27)23-12-16-8-4-2-5-9-16)24-15-25(20)13-17(26)14-30-18-10-6-3-7-11-18/h2-11,15,17,26H,12-14H2,1H3,(H,23,27)/t17-/m0/s1. The molecule has 8 heteroatoms. The molecule has 0 aliphatic heterocycles. The number of hydrogen-bond acceptors (Lipinski definition) is 6. The van der Waals surface area contributed by atoms with Gasteiger partial charge in [-0.2, -0.15) is 0 Å². The molecule has 3 aromatic rings. The van der Waals surface area contributed by atoms with Crippen LogP contribution in [0.4, 0.5) is 0 Å². The zero-order chi connectivity index (χ0) is 21.3. The fraction of sp³-hybridized carbons (Fsp3) is 0.227. The highest BCUT2D eigenvalue weighted by atomic mass is 16.5. The van der Waals surface area contributed by atoms with Gasteiger partial charge in [0.25, 0.3) is 5.91 Å². The Kier molecular flexibility index (Phi) is 7.18. The second-order valence-corrected chi connectivity index (χ2v) is 6.53. The number of ether oxygens (including phenoxy) is 2. The Bertz CT molecular complexity index is 973. The summed E-state index contributed by atoms with van der Waals surface area (Å²) >= 11 is 0. The Hall–Kier alpha value is -3.65. The summed E-state index contributed by atoms with van der Waals surface area (Å²) in [5.41, 5.74) is 0.828. The zero-order valence-electron chi connectivity index (χ0n) is 16.5. The number of nitrogens with zero attached hydrogens (tertiary/aromatic N) is 2. The van der Waals surface area contributed by atoms with Gasteiger partial charge in [-0.25, -0.2) is 9.78 Å². The lowest BCUT2D eigenvalue weighted by molar-refractivity contribution is 0.0570. The number of rotatable bonds is 9. The van der Waals surface area contributed by atoms with Crippen LogP contribution in [0.5, 0.6) is 5.75 Å². The van der Waals surface area contributed by atoms with Crippen LogP contribution in [0.2, 0.25) is 0 Å². The summed E-state index contributed by atoms with van der Waals surface area (Å²) in [5, 5.41) is 13.1. The first kappa shape index (κ1) is 21.1. The lowest BCUT2D eigenvalue weighted by Gasteiger charge is -2.14. The lowest BCUT2D eigenvalue weighted by Crippen LogP contribution is -2.28. The van der Waals surface area contributed by atoms with Crippen molar-refractivity contribution in [2.45, 2.75) is 19.2 Å². The fourth-order valence-electron chi connectivity index (χ4n) is 2.85. The molecule has 0 bridgehead atoms. The van der Waals surface area contributed by atoms with Crippen molar-refractivity contribution in [3.63, 3.8) is 0 Å². The second kappa shape index (κ2) is 10.2. The number of carbonyl (C=O) groups excluding carboxylic acids is 2. The molecule has 0 saturated carbocycles. The molecule has 0 aliphatic carbocycles. The van der Waals surface area contributed by atoms with Gasteiger partial charge in [0.15, 0.2) is 11.4 Å². The number of methoxy groups -OCH3 is 1. The number of aliphatic hydroxyl groups is 1. The smallest absolute Gasteiger partial charge is 0.357 e. The highest BCUT2D eigenvalue weighted by Gasteiger charge is 2.25. The van der Waals surface area contributed by atoms with E-state index in [1.807, 2.05) is 48.5 Å². The van der Waals surface area contributed by atoms with E-state index in [0.717, 1.165) is 5.56 Å². The van der Waals surface area contributed by atoms with E-state index >= 15 is 0 Å². The van der Waals surface area contributed by atoms with E-state index in [0.29, 0.717) is 12.3 Å². The molecule has 0 fully saturated rings. The van der Waals surface area contributed by atoms with Crippen molar-refractivity contribution < 1.29 is 24.2 Å². The summed E-state index contributed by atoms with van der Waals surface area (Å²) in [6, 6.07) is 18.5.